The van der Waals surface area contributed by atoms with Crippen molar-refractivity contribution in [2.75, 3.05) is 6.54 Å². The van der Waals surface area contributed by atoms with Crippen molar-refractivity contribution in [3.05, 3.63) is 59.2 Å². The zero-order valence-corrected chi connectivity index (χ0v) is 12.5. The highest BCUT2D eigenvalue weighted by Gasteiger charge is 2.31. The molecular weight excluding hydrogens is 299 g/mol. The van der Waals surface area contributed by atoms with Crippen molar-refractivity contribution in [1.29, 1.82) is 0 Å². The fourth-order valence-corrected chi connectivity index (χ4v) is 3.15. The van der Waals surface area contributed by atoms with E-state index in [-0.39, 0.29) is 0 Å². The lowest BCUT2D eigenvalue weighted by Gasteiger charge is -2.18. The lowest BCUT2D eigenvalue weighted by atomic mass is 9.91. The van der Waals surface area contributed by atoms with Gasteiger partial charge in [-0.3, -0.25) is 4.99 Å². The van der Waals surface area contributed by atoms with E-state index in [0.717, 1.165) is 36.2 Å². The van der Waals surface area contributed by atoms with Crippen LogP contribution in [0.4, 0.5) is 13.2 Å². The molecule has 0 bridgehead atoms. The Morgan fingerprint density at radius 2 is 1.61 bits per heavy atom. The molecular formula is C19H16F3N. The molecule has 0 amide bonds. The van der Waals surface area contributed by atoms with Crippen LogP contribution in [0.5, 0.6) is 0 Å². The molecule has 0 unspecified atom stereocenters. The summed E-state index contributed by atoms with van der Waals surface area (Å²) in [6, 6.07) is 11.6. The lowest BCUT2D eigenvalue weighted by molar-refractivity contribution is -0.137. The molecule has 1 fully saturated rings. The average Bonchev–Trinajstić information content (AvgIpc) is 3.38. The molecule has 2 aliphatic rings. The highest BCUT2D eigenvalue weighted by Crippen LogP contribution is 2.37. The smallest absolute Gasteiger partial charge is 0.288 e. The lowest BCUT2D eigenvalue weighted by Crippen LogP contribution is -2.14. The summed E-state index contributed by atoms with van der Waals surface area (Å²) in [6.07, 6.45) is -0.954. The van der Waals surface area contributed by atoms with Crippen molar-refractivity contribution in [3.63, 3.8) is 0 Å². The van der Waals surface area contributed by atoms with Gasteiger partial charge in [-0.2, -0.15) is 13.2 Å². The summed E-state index contributed by atoms with van der Waals surface area (Å²) in [5, 5.41) is 0. The van der Waals surface area contributed by atoms with Gasteiger partial charge in [-0.1, -0.05) is 24.3 Å². The summed E-state index contributed by atoms with van der Waals surface area (Å²) in [5.74, 6) is 0.580. The molecule has 1 heterocycles. The molecule has 1 aliphatic heterocycles. The third-order valence-corrected chi connectivity index (χ3v) is 4.56. The van der Waals surface area contributed by atoms with Crippen molar-refractivity contribution in [2.45, 2.75) is 25.4 Å². The molecule has 0 saturated heterocycles. The molecule has 0 atom stereocenters. The summed E-state index contributed by atoms with van der Waals surface area (Å²) < 4.78 is 38.0. The first-order valence-electron chi connectivity index (χ1n) is 7.87. The molecule has 1 nitrogen and oxygen atoms in total. The number of benzene rings is 2. The number of nitrogens with zero attached hydrogens (tertiary/aromatic N) is 1. The van der Waals surface area contributed by atoms with Gasteiger partial charge in [-0.05, 0) is 59.7 Å². The topological polar surface area (TPSA) is 12.4 Å². The maximum Gasteiger partial charge on any atom is 0.416 e. The fraction of sp³-hybridized carbons (Fsp3) is 0.316. The van der Waals surface area contributed by atoms with Crippen LogP contribution in [0.15, 0.2) is 47.5 Å². The predicted molar refractivity (Wildman–Crippen MR) is 84.7 cm³/mol. The van der Waals surface area contributed by atoms with E-state index < -0.39 is 11.7 Å². The van der Waals surface area contributed by atoms with Gasteiger partial charge in [0, 0.05) is 18.2 Å². The minimum atomic E-state index is -4.29. The Balaban J connectivity index is 1.71. The van der Waals surface area contributed by atoms with Crippen LogP contribution in [0, 0.1) is 5.92 Å². The zero-order valence-electron chi connectivity index (χ0n) is 12.5. The van der Waals surface area contributed by atoms with Gasteiger partial charge in [0.1, 0.15) is 0 Å². The molecule has 0 aromatic heterocycles. The highest BCUT2D eigenvalue weighted by molar-refractivity contribution is 6.06. The van der Waals surface area contributed by atoms with E-state index in [1.54, 1.807) is 12.1 Å². The van der Waals surface area contributed by atoms with E-state index in [0.29, 0.717) is 5.92 Å². The summed E-state index contributed by atoms with van der Waals surface area (Å²) in [6.45, 7) is 0.846. The molecule has 0 N–H and O–H groups in total. The van der Waals surface area contributed by atoms with E-state index >= 15 is 0 Å². The minimum Gasteiger partial charge on any atom is -0.288 e. The van der Waals surface area contributed by atoms with Gasteiger partial charge in [0.25, 0.3) is 0 Å². The van der Waals surface area contributed by atoms with Gasteiger partial charge >= 0.3 is 6.18 Å². The first-order chi connectivity index (χ1) is 11.0. The number of aliphatic imine (C=N–C) groups is 1. The largest absolute Gasteiger partial charge is 0.416 e. The first kappa shape index (κ1) is 14.5. The van der Waals surface area contributed by atoms with Crippen molar-refractivity contribution < 1.29 is 13.2 Å². The van der Waals surface area contributed by atoms with Gasteiger partial charge < -0.3 is 0 Å². The van der Waals surface area contributed by atoms with E-state index in [2.05, 4.69) is 17.1 Å². The van der Waals surface area contributed by atoms with Crippen molar-refractivity contribution >= 4 is 5.71 Å². The monoisotopic (exact) mass is 315 g/mol. The predicted octanol–water partition coefficient (Wildman–Crippen LogP) is 5.13. The number of alkyl halides is 3. The Labute approximate surface area is 132 Å². The van der Waals surface area contributed by atoms with E-state index in [9.17, 15) is 13.2 Å². The number of fused-ring (bicyclic) bond motifs is 1. The highest BCUT2D eigenvalue weighted by atomic mass is 19.4. The van der Waals surface area contributed by atoms with Gasteiger partial charge in [0.15, 0.2) is 0 Å². The molecule has 4 heteroatoms. The van der Waals surface area contributed by atoms with Gasteiger partial charge in [-0.15, -0.1) is 0 Å². The summed E-state index contributed by atoms with van der Waals surface area (Å²) in [5.41, 5.74) is 4.84. The SMILES string of the molecule is FC(F)(F)c1ccc(-c2ccc3c(c2)C(C2CC2)=NCC3)cc1. The normalized spacial score (nSPS) is 17.6. The summed E-state index contributed by atoms with van der Waals surface area (Å²) in [4.78, 5) is 4.68. The van der Waals surface area contributed by atoms with E-state index in [1.165, 1.54) is 29.7 Å². The Morgan fingerprint density at radius 3 is 2.26 bits per heavy atom. The fourth-order valence-electron chi connectivity index (χ4n) is 3.15. The average molecular weight is 315 g/mol. The second-order valence-electron chi connectivity index (χ2n) is 6.24. The zero-order chi connectivity index (χ0) is 16.0. The molecule has 118 valence electrons. The maximum atomic E-state index is 12.7. The van der Waals surface area contributed by atoms with Crippen LogP contribution in [0.25, 0.3) is 11.1 Å². The molecule has 2 aromatic carbocycles. The molecule has 1 saturated carbocycles. The van der Waals surface area contributed by atoms with Crippen LogP contribution >= 0.6 is 0 Å². The molecule has 1 aliphatic carbocycles. The molecule has 0 radical (unpaired) electrons. The van der Waals surface area contributed by atoms with Gasteiger partial charge in [0.2, 0.25) is 0 Å². The van der Waals surface area contributed by atoms with Crippen molar-refractivity contribution in [2.24, 2.45) is 10.9 Å². The Kier molecular flexibility index (Phi) is 3.29. The second kappa shape index (κ2) is 5.22. The molecule has 0 spiro atoms. The molecule has 23 heavy (non-hydrogen) atoms. The Morgan fingerprint density at radius 1 is 0.913 bits per heavy atom. The van der Waals surface area contributed by atoms with Crippen LogP contribution in [-0.2, 0) is 12.6 Å². The van der Waals surface area contributed by atoms with Gasteiger partial charge in [-0.25, -0.2) is 0 Å². The number of halogens is 3. The standard InChI is InChI=1S/C19H16F3N/c20-19(21,22)16-7-5-12(6-8-16)15-4-1-13-9-10-23-18(14-2-3-14)17(13)11-15/h1,4-8,11,14H,2-3,9-10H2. The van der Waals surface area contributed by atoms with E-state index in [4.69, 9.17) is 0 Å². The van der Waals surface area contributed by atoms with Crippen molar-refractivity contribution in [3.8, 4) is 11.1 Å². The second-order valence-corrected chi connectivity index (χ2v) is 6.24. The Bertz CT molecular complexity index is 768. The Hall–Kier alpha value is -2.10. The number of hydrogen-bond donors (Lipinski definition) is 0. The molecule has 2 aromatic rings. The van der Waals surface area contributed by atoms with Crippen LogP contribution in [0.2, 0.25) is 0 Å². The number of rotatable bonds is 2. The summed E-state index contributed by atoms with van der Waals surface area (Å²) in [7, 11) is 0. The van der Waals surface area contributed by atoms with Gasteiger partial charge in [0.05, 0.1) is 5.56 Å². The third kappa shape index (κ3) is 2.78. The molecule has 4 rings (SSSR count). The quantitative estimate of drug-likeness (QED) is 0.729. The van der Waals surface area contributed by atoms with Crippen molar-refractivity contribution in [1.82, 2.24) is 0 Å². The third-order valence-electron chi connectivity index (χ3n) is 4.56. The van der Waals surface area contributed by atoms with Crippen LogP contribution < -0.4 is 0 Å². The first-order valence-corrected chi connectivity index (χ1v) is 7.87. The van der Waals surface area contributed by atoms with Crippen LogP contribution in [-0.4, -0.2) is 12.3 Å². The van der Waals surface area contributed by atoms with Crippen LogP contribution in [0.3, 0.4) is 0 Å². The minimum absolute atomic E-state index is 0.580. The number of hydrogen-bond acceptors (Lipinski definition) is 1. The maximum absolute atomic E-state index is 12.7. The van der Waals surface area contributed by atoms with Crippen LogP contribution in [0.1, 0.15) is 29.5 Å². The van der Waals surface area contributed by atoms with E-state index in [1.807, 2.05) is 6.07 Å². The summed E-state index contributed by atoms with van der Waals surface area (Å²) >= 11 is 0.